The van der Waals surface area contributed by atoms with E-state index in [2.05, 4.69) is 0 Å². The number of halogens is 1. The maximum absolute atomic E-state index is 13.1. The Morgan fingerprint density at radius 3 is 2.39 bits per heavy atom. The molecule has 2 fully saturated rings. The van der Waals surface area contributed by atoms with Crippen LogP contribution in [0.4, 0.5) is 0 Å². The third-order valence-electron chi connectivity index (χ3n) is 6.84. The molecule has 7 heteroatoms. The van der Waals surface area contributed by atoms with Crippen LogP contribution in [0.5, 0.6) is 11.5 Å². The second-order valence-corrected chi connectivity index (χ2v) is 9.40. The van der Waals surface area contributed by atoms with Crippen molar-refractivity contribution in [3.05, 3.63) is 59.1 Å². The zero-order valence-corrected chi connectivity index (χ0v) is 19.9. The van der Waals surface area contributed by atoms with Crippen LogP contribution in [0.15, 0.2) is 48.5 Å². The fraction of sp³-hybridized carbons (Fsp3) is 0.462. The van der Waals surface area contributed by atoms with Crippen molar-refractivity contribution in [2.45, 2.75) is 32.1 Å². The highest BCUT2D eigenvalue weighted by molar-refractivity contribution is 6.31. The highest BCUT2D eigenvalue weighted by atomic mass is 35.5. The molecule has 2 aromatic rings. The molecule has 2 aliphatic rings. The second kappa shape index (κ2) is 10.5. The Kier molecular flexibility index (Phi) is 7.43. The summed E-state index contributed by atoms with van der Waals surface area (Å²) in [4.78, 5) is 29.7. The summed E-state index contributed by atoms with van der Waals surface area (Å²) >= 11 is 6.12. The van der Waals surface area contributed by atoms with E-state index in [4.69, 9.17) is 21.1 Å². The summed E-state index contributed by atoms with van der Waals surface area (Å²) in [7, 11) is 1.56. The van der Waals surface area contributed by atoms with Gasteiger partial charge in [0.1, 0.15) is 11.5 Å². The van der Waals surface area contributed by atoms with Crippen LogP contribution in [0.1, 0.15) is 42.5 Å². The number of methoxy groups -OCH3 is 1. The summed E-state index contributed by atoms with van der Waals surface area (Å²) in [5.41, 5.74) is 0.599. The Morgan fingerprint density at radius 2 is 1.70 bits per heavy atom. The molecule has 33 heavy (non-hydrogen) atoms. The number of ether oxygens (including phenoxy) is 2. The monoisotopic (exact) mass is 470 g/mol. The average Bonchev–Trinajstić information content (AvgIpc) is 3.25. The van der Waals surface area contributed by atoms with Crippen molar-refractivity contribution >= 4 is 23.4 Å². The first-order valence-electron chi connectivity index (χ1n) is 11.6. The molecule has 2 saturated heterocycles. The fourth-order valence-corrected chi connectivity index (χ4v) is 5.03. The predicted octanol–water partition coefficient (Wildman–Crippen LogP) is 4.66. The van der Waals surface area contributed by atoms with Crippen molar-refractivity contribution in [2.24, 2.45) is 5.41 Å². The number of amides is 2. The van der Waals surface area contributed by atoms with Gasteiger partial charge in [0.15, 0.2) is 0 Å². The molecule has 2 heterocycles. The summed E-state index contributed by atoms with van der Waals surface area (Å²) in [6, 6.07) is 14.8. The van der Waals surface area contributed by atoms with Crippen LogP contribution >= 0.6 is 11.6 Å². The minimum Gasteiger partial charge on any atom is -0.496 e. The molecule has 2 amide bonds. The summed E-state index contributed by atoms with van der Waals surface area (Å²) < 4.78 is 11.1. The number of likely N-dealkylation sites (tertiary alicyclic amines) is 2. The van der Waals surface area contributed by atoms with Gasteiger partial charge in [-0.25, -0.2) is 0 Å². The normalized spacial score (nSPS) is 17.3. The van der Waals surface area contributed by atoms with Crippen LogP contribution in [-0.4, -0.2) is 61.5 Å². The predicted molar refractivity (Wildman–Crippen MR) is 128 cm³/mol. The maximum atomic E-state index is 13.1. The van der Waals surface area contributed by atoms with E-state index >= 15 is 0 Å². The minimum absolute atomic E-state index is 0.0388. The number of carbonyl (C=O) groups excluding carboxylic acids is 2. The second-order valence-electron chi connectivity index (χ2n) is 8.97. The Bertz CT molecular complexity index is 974. The molecule has 1 spiro atoms. The quantitative estimate of drug-likeness (QED) is 0.552. The van der Waals surface area contributed by atoms with Gasteiger partial charge in [-0.15, -0.1) is 0 Å². The first-order valence-corrected chi connectivity index (χ1v) is 12.0. The Morgan fingerprint density at radius 1 is 1.00 bits per heavy atom. The molecule has 6 nitrogen and oxygen atoms in total. The van der Waals surface area contributed by atoms with Crippen molar-refractivity contribution in [3.63, 3.8) is 0 Å². The molecule has 0 aliphatic carbocycles. The number of rotatable bonds is 7. The van der Waals surface area contributed by atoms with E-state index in [1.54, 1.807) is 25.3 Å². The summed E-state index contributed by atoms with van der Waals surface area (Å²) in [6.45, 7) is 3.48. The van der Waals surface area contributed by atoms with Crippen molar-refractivity contribution in [3.8, 4) is 11.5 Å². The van der Waals surface area contributed by atoms with Gasteiger partial charge in [0.2, 0.25) is 5.91 Å². The largest absolute Gasteiger partial charge is 0.496 e. The van der Waals surface area contributed by atoms with Gasteiger partial charge in [-0.3, -0.25) is 9.59 Å². The molecular weight excluding hydrogens is 440 g/mol. The molecular formula is C26H31ClN2O4. The Labute approximate surface area is 200 Å². The van der Waals surface area contributed by atoms with Crippen LogP contribution in [-0.2, 0) is 4.79 Å². The molecule has 2 aliphatic heterocycles. The number of hydrogen-bond acceptors (Lipinski definition) is 4. The van der Waals surface area contributed by atoms with Gasteiger partial charge in [-0.2, -0.15) is 0 Å². The van der Waals surface area contributed by atoms with Crippen molar-refractivity contribution < 1.29 is 19.1 Å². The minimum atomic E-state index is -0.0388. The highest BCUT2D eigenvalue weighted by Crippen LogP contribution is 2.41. The number of benzene rings is 2. The molecule has 0 unspecified atom stereocenters. The lowest BCUT2D eigenvalue weighted by Crippen LogP contribution is -2.44. The average molecular weight is 471 g/mol. The van der Waals surface area contributed by atoms with Crippen LogP contribution in [0.3, 0.4) is 0 Å². The number of para-hydroxylation sites is 1. The Hall–Kier alpha value is -2.73. The standard InChI is InChI=1S/C26H31ClN2O4/c1-32-23-10-9-20(27)18-22(23)25(31)29-16-13-26(19-29)11-14-28(15-12-26)24(30)8-5-17-33-21-6-3-2-4-7-21/h2-4,6-7,9-10,18H,5,8,11-17,19H2,1H3. The topological polar surface area (TPSA) is 59.1 Å². The van der Waals surface area contributed by atoms with Crippen LogP contribution in [0, 0.1) is 5.41 Å². The zero-order valence-electron chi connectivity index (χ0n) is 19.1. The number of carbonyl (C=O) groups is 2. The van der Waals surface area contributed by atoms with E-state index in [0.29, 0.717) is 42.3 Å². The molecule has 0 radical (unpaired) electrons. The van der Waals surface area contributed by atoms with E-state index in [1.807, 2.05) is 40.1 Å². The lowest BCUT2D eigenvalue weighted by atomic mass is 9.77. The van der Waals surface area contributed by atoms with E-state index < -0.39 is 0 Å². The molecule has 0 aromatic heterocycles. The molecule has 176 valence electrons. The number of hydrogen-bond donors (Lipinski definition) is 0. The van der Waals surface area contributed by atoms with Gasteiger partial charge < -0.3 is 19.3 Å². The van der Waals surface area contributed by atoms with Gasteiger partial charge in [0, 0.05) is 37.6 Å². The third-order valence-corrected chi connectivity index (χ3v) is 7.08. The van der Waals surface area contributed by atoms with E-state index in [9.17, 15) is 9.59 Å². The van der Waals surface area contributed by atoms with E-state index in [-0.39, 0.29) is 17.2 Å². The summed E-state index contributed by atoms with van der Waals surface area (Å²) in [6.07, 6.45) is 4.03. The summed E-state index contributed by atoms with van der Waals surface area (Å²) in [5, 5.41) is 0.522. The lowest BCUT2D eigenvalue weighted by molar-refractivity contribution is -0.133. The van der Waals surface area contributed by atoms with E-state index in [1.165, 1.54) is 0 Å². The maximum Gasteiger partial charge on any atom is 0.257 e. The van der Waals surface area contributed by atoms with Crippen molar-refractivity contribution in [1.29, 1.82) is 0 Å². The Balaban J connectivity index is 1.24. The molecule has 0 N–H and O–H groups in total. The SMILES string of the molecule is COc1ccc(Cl)cc1C(=O)N1CCC2(CCN(C(=O)CCCOc3ccccc3)CC2)C1. The summed E-state index contributed by atoms with van der Waals surface area (Å²) in [5.74, 6) is 1.53. The number of piperidine rings is 1. The van der Waals surface area contributed by atoms with Gasteiger partial charge in [-0.1, -0.05) is 29.8 Å². The third kappa shape index (κ3) is 5.61. The molecule has 0 atom stereocenters. The first kappa shape index (κ1) is 23.4. The molecule has 0 bridgehead atoms. The van der Waals surface area contributed by atoms with Gasteiger partial charge in [0.25, 0.3) is 5.91 Å². The van der Waals surface area contributed by atoms with Crippen LogP contribution in [0.25, 0.3) is 0 Å². The van der Waals surface area contributed by atoms with Gasteiger partial charge in [0.05, 0.1) is 19.3 Å². The first-order chi connectivity index (χ1) is 16.0. The van der Waals surface area contributed by atoms with Gasteiger partial charge >= 0.3 is 0 Å². The van der Waals surface area contributed by atoms with Gasteiger partial charge in [-0.05, 0) is 61.4 Å². The highest BCUT2D eigenvalue weighted by Gasteiger charge is 2.43. The van der Waals surface area contributed by atoms with E-state index in [0.717, 1.165) is 44.6 Å². The number of nitrogens with zero attached hydrogens (tertiary/aromatic N) is 2. The zero-order chi connectivity index (χ0) is 23.3. The molecule has 0 saturated carbocycles. The lowest BCUT2D eigenvalue weighted by Gasteiger charge is -2.39. The van der Waals surface area contributed by atoms with Crippen molar-refractivity contribution in [1.82, 2.24) is 9.80 Å². The van der Waals surface area contributed by atoms with Crippen LogP contribution < -0.4 is 9.47 Å². The smallest absolute Gasteiger partial charge is 0.257 e. The molecule has 4 rings (SSSR count). The fourth-order valence-electron chi connectivity index (χ4n) is 4.85. The van der Waals surface area contributed by atoms with Crippen LogP contribution in [0.2, 0.25) is 5.02 Å². The molecule has 2 aromatic carbocycles. The van der Waals surface area contributed by atoms with Crippen molar-refractivity contribution in [2.75, 3.05) is 39.9 Å².